The number of hydrogen-bond donors (Lipinski definition) is 0. The quantitative estimate of drug-likeness (QED) is 0.746. The molecule has 146 valence electrons. The molecule has 0 N–H and O–H groups in total. The first-order valence-corrected chi connectivity index (χ1v) is 8.92. The number of piperazine rings is 1. The highest BCUT2D eigenvalue weighted by molar-refractivity contribution is 6.01. The van der Waals surface area contributed by atoms with Crippen LogP contribution in [0.5, 0.6) is 0 Å². The second kappa shape index (κ2) is 7.09. The number of carbonyl (C=O) groups is 2. The summed E-state index contributed by atoms with van der Waals surface area (Å²) >= 11 is 0. The van der Waals surface area contributed by atoms with Crippen LogP contribution in [0.4, 0.5) is 10.8 Å². The summed E-state index contributed by atoms with van der Waals surface area (Å²) in [6, 6.07) is 5.57. The molecule has 0 radical (unpaired) electrons. The highest BCUT2D eigenvalue weighted by atomic mass is 16.6. The summed E-state index contributed by atoms with van der Waals surface area (Å²) in [7, 11) is 1.33. The van der Waals surface area contributed by atoms with Crippen molar-refractivity contribution < 1.29 is 23.5 Å². The van der Waals surface area contributed by atoms with Gasteiger partial charge in [-0.3, -0.25) is 0 Å². The van der Waals surface area contributed by atoms with Gasteiger partial charge in [0.25, 0.3) is 6.01 Å². The van der Waals surface area contributed by atoms with Crippen molar-refractivity contribution >= 4 is 29.2 Å². The van der Waals surface area contributed by atoms with Crippen LogP contribution >= 0.6 is 0 Å². The van der Waals surface area contributed by atoms with Gasteiger partial charge in [0, 0.05) is 25.7 Å². The number of fused-ring (bicyclic) bond motifs is 1. The average molecular weight is 375 g/mol. The zero-order valence-electron chi connectivity index (χ0n) is 16.3. The van der Waals surface area contributed by atoms with Gasteiger partial charge < -0.3 is 23.7 Å². The van der Waals surface area contributed by atoms with Gasteiger partial charge in [0.05, 0.1) is 12.7 Å². The number of methoxy groups -OCH3 is 1. The molecule has 0 aliphatic carbocycles. The van der Waals surface area contributed by atoms with Crippen LogP contribution in [0.1, 0.15) is 38.1 Å². The van der Waals surface area contributed by atoms with Crippen LogP contribution in [-0.4, -0.2) is 60.3 Å². The molecule has 1 aliphatic rings. The number of oxazole rings is 1. The second-order valence-corrected chi connectivity index (χ2v) is 7.61. The van der Waals surface area contributed by atoms with Crippen LogP contribution in [0.15, 0.2) is 22.6 Å². The molecule has 1 aromatic heterocycles. The van der Waals surface area contributed by atoms with Crippen LogP contribution in [0, 0.1) is 0 Å². The summed E-state index contributed by atoms with van der Waals surface area (Å²) in [5.41, 5.74) is 0.836. The van der Waals surface area contributed by atoms with E-state index in [2.05, 4.69) is 4.98 Å². The van der Waals surface area contributed by atoms with Gasteiger partial charge in [-0.2, -0.15) is 4.98 Å². The number of aromatic nitrogens is 1. The van der Waals surface area contributed by atoms with Gasteiger partial charge in [0.15, 0.2) is 5.58 Å². The zero-order chi connectivity index (χ0) is 19.8. The number of nitrogens with zero attached hydrogens (tertiary/aromatic N) is 3. The lowest BCUT2D eigenvalue weighted by molar-refractivity contribution is 0.0216. The lowest BCUT2D eigenvalue weighted by Crippen LogP contribution is -2.54. The number of hydrogen-bond acceptors (Lipinski definition) is 7. The third-order valence-electron chi connectivity index (χ3n) is 4.34. The van der Waals surface area contributed by atoms with Crippen LogP contribution < -0.4 is 4.90 Å². The SMILES string of the molecule is COC(=O)c1cccc2oc(N3CCN(C(=O)OC(C)(C)C)C[C@H]3C)nc12. The van der Waals surface area contributed by atoms with Crippen molar-refractivity contribution in [1.82, 2.24) is 9.88 Å². The molecule has 27 heavy (non-hydrogen) atoms. The largest absolute Gasteiger partial charge is 0.465 e. The Hall–Kier alpha value is -2.77. The van der Waals surface area contributed by atoms with Gasteiger partial charge in [-0.1, -0.05) is 6.07 Å². The Balaban J connectivity index is 1.78. The topological polar surface area (TPSA) is 85.1 Å². The van der Waals surface area contributed by atoms with E-state index in [4.69, 9.17) is 13.9 Å². The van der Waals surface area contributed by atoms with E-state index in [0.29, 0.717) is 42.3 Å². The molecule has 1 aliphatic heterocycles. The van der Waals surface area contributed by atoms with Crippen molar-refractivity contribution in [3.8, 4) is 0 Å². The molecule has 0 unspecified atom stereocenters. The summed E-state index contributed by atoms with van der Waals surface area (Å²) < 4.78 is 16.1. The highest BCUT2D eigenvalue weighted by Gasteiger charge is 2.32. The van der Waals surface area contributed by atoms with Crippen molar-refractivity contribution in [2.75, 3.05) is 31.6 Å². The molecule has 2 heterocycles. The molecule has 1 saturated heterocycles. The highest BCUT2D eigenvalue weighted by Crippen LogP contribution is 2.28. The molecule has 3 rings (SSSR count). The van der Waals surface area contributed by atoms with Crippen molar-refractivity contribution in [1.29, 1.82) is 0 Å². The molecule has 0 saturated carbocycles. The molecule has 0 spiro atoms. The third-order valence-corrected chi connectivity index (χ3v) is 4.34. The molecule has 1 fully saturated rings. The first-order chi connectivity index (χ1) is 12.7. The Bertz CT molecular complexity index is 855. The minimum absolute atomic E-state index is 0.0130. The lowest BCUT2D eigenvalue weighted by Gasteiger charge is -2.39. The molecule has 1 atom stereocenters. The maximum atomic E-state index is 12.3. The minimum Gasteiger partial charge on any atom is -0.465 e. The molecular formula is C19H25N3O5. The number of rotatable bonds is 2. The summed E-state index contributed by atoms with van der Waals surface area (Å²) in [6.45, 7) is 9.10. The van der Waals surface area contributed by atoms with E-state index >= 15 is 0 Å². The Kier molecular flexibility index (Phi) is 4.99. The number of benzene rings is 1. The van der Waals surface area contributed by atoms with Crippen molar-refractivity contribution in [3.05, 3.63) is 23.8 Å². The molecule has 1 aromatic carbocycles. The maximum absolute atomic E-state index is 12.3. The molecule has 0 bridgehead atoms. The summed E-state index contributed by atoms with van der Waals surface area (Å²) in [5.74, 6) is -0.455. The third kappa shape index (κ3) is 3.99. The fourth-order valence-corrected chi connectivity index (χ4v) is 3.07. The summed E-state index contributed by atoms with van der Waals surface area (Å²) in [4.78, 5) is 32.4. The van der Waals surface area contributed by atoms with Gasteiger partial charge in [0.1, 0.15) is 11.1 Å². The molecular weight excluding hydrogens is 350 g/mol. The van der Waals surface area contributed by atoms with Crippen molar-refractivity contribution in [2.45, 2.75) is 39.3 Å². The van der Waals surface area contributed by atoms with E-state index in [1.807, 2.05) is 32.6 Å². The number of anilines is 1. The van der Waals surface area contributed by atoms with Crippen LogP contribution in [0.2, 0.25) is 0 Å². The number of ether oxygens (including phenoxy) is 2. The predicted octanol–water partition coefficient (Wildman–Crippen LogP) is 3.06. The molecule has 8 nitrogen and oxygen atoms in total. The van der Waals surface area contributed by atoms with Crippen LogP contribution in [0.25, 0.3) is 11.1 Å². The van der Waals surface area contributed by atoms with E-state index in [0.717, 1.165) is 0 Å². The average Bonchev–Trinajstić information content (AvgIpc) is 3.03. The molecule has 1 amide bonds. The number of para-hydroxylation sites is 1. The van der Waals surface area contributed by atoms with Crippen LogP contribution in [0.3, 0.4) is 0 Å². The maximum Gasteiger partial charge on any atom is 0.410 e. The van der Waals surface area contributed by atoms with E-state index < -0.39 is 11.6 Å². The van der Waals surface area contributed by atoms with Gasteiger partial charge in [-0.25, -0.2) is 9.59 Å². The van der Waals surface area contributed by atoms with Crippen molar-refractivity contribution in [3.63, 3.8) is 0 Å². The van der Waals surface area contributed by atoms with Crippen LogP contribution in [-0.2, 0) is 9.47 Å². The Morgan fingerprint density at radius 2 is 2.00 bits per heavy atom. The van der Waals surface area contributed by atoms with E-state index in [-0.39, 0.29) is 12.1 Å². The smallest absolute Gasteiger partial charge is 0.410 e. The minimum atomic E-state index is -0.526. The molecule has 2 aromatic rings. The Labute approximate surface area is 158 Å². The van der Waals surface area contributed by atoms with E-state index in [1.54, 1.807) is 23.1 Å². The Morgan fingerprint density at radius 3 is 2.63 bits per heavy atom. The van der Waals surface area contributed by atoms with E-state index in [9.17, 15) is 9.59 Å². The second-order valence-electron chi connectivity index (χ2n) is 7.61. The van der Waals surface area contributed by atoms with Gasteiger partial charge in [0.2, 0.25) is 0 Å². The van der Waals surface area contributed by atoms with Gasteiger partial charge >= 0.3 is 12.1 Å². The number of carbonyl (C=O) groups excluding carboxylic acids is 2. The number of esters is 1. The fraction of sp³-hybridized carbons (Fsp3) is 0.526. The summed E-state index contributed by atoms with van der Waals surface area (Å²) in [5, 5.41) is 0. The first kappa shape index (κ1) is 19.0. The Morgan fingerprint density at radius 1 is 1.26 bits per heavy atom. The standard InChI is InChI=1S/C19H25N3O5/c1-12-11-21(18(24)27-19(2,3)4)9-10-22(12)17-20-15-13(16(23)25-5)7-6-8-14(15)26-17/h6-8,12H,9-11H2,1-5H3/t12-/m1/s1. The van der Waals surface area contributed by atoms with E-state index in [1.165, 1.54) is 7.11 Å². The molecule has 8 heteroatoms. The monoisotopic (exact) mass is 375 g/mol. The zero-order valence-corrected chi connectivity index (χ0v) is 16.3. The van der Waals surface area contributed by atoms with Crippen molar-refractivity contribution in [2.24, 2.45) is 0 Å². The summed E-state index contributed by atoms with van der Waals surface area (Å²) in [6.07, 6.45) is -0.320. The van der Waals surface area contributed by atoms with Gasteiger partial charge in [-0.15, -0.1) is 0 Å². The lowest BCUT2D eigenvalue weighted by atomic mass is 10.2. The number of amides is 1. The van der Waals surface area contributed by atoms with Gasteiger partial charge in [-0.05, 0) is 39.8 Å². The predicted molar refractivity (Wildman–Crippen MR) is 100.0 cm³/mol. The normalized spacial score (nSPS) is 17.9. The first-order valence-electron chi connectivity index (χ1n) is 8.92. The fourth-order valence-electron chi connectivity index (χ4n) is 3.07.